The van der Waals surface area contributed by atoms with E-state index in [2.05, 4.69) is 5.32 Å². The topological polar surface area (TPSA) is 81.5 Å². The van der Waals surface area contributed by atoms with Crippen molar-refractivity contribution in [2.45, 2.75) is 41.2 Å². The quantitative estimate of drug-likeness (QED) is 0.353. The van der Waals surface area contributed by atoms with E-state index >= 15 is 0 Å². The van der Waals surface area contributed by atoms with Crippen LogP contribution in [0.1, 0.15) is 25.7 Å². The number of nitrogens with zero attached hydrogens (tertiary/aromatic N) is 1. The number of benzene rings is 2. The lowest BCUT2D eigenvalue weighted by molar-refractivity contribution is -0.384. The molecule has 0 aliphatic heterocycles. The van der Waals surface area contributed by atoms with E-state index < -0.39 is 4.92 Å². The third-order valence-corrected chi connectivity index (χ3v) is 7.21. The van der Waals surface area contributed by atoms with Gasteiger partial charge in [0.1, 0.15) is 5.75 Å². The van der Waals surface area contributed by atoms with E-state index in [1.807, 2.05) is 12.1 Å². The van der Waals surface area contributed by atoms with Gasteiger partial charge >= 0.3 is 0 Å². The summed E-state index contributed by atoms with van der Waals surface area (Å²) in [6.45, 7) is 0. The van der Waals surface area contributed by atoms with E-state index in [9.17, 15) is 14.9 Å². The van der Waals surface area contributed by atoms with Crippen LogP contribution < -0.4 is 10.1 Å². The highest BCUT2D eigenvalue weighted by atomic mass is 35.5. The number of rotatable bonds is 7. The van der Waals surface area contributed by atoms with Crippen LogP contribution >= 0.6 is 23.4 Å². The van der Waals surface area contributed by atoms with Crippen LogP contribution in [0.3, 0.4) is 0 Å². The molecule has 1 aliphatic rings. The summed E-state index contributed by atoms with van der Waals surface area (Å²) in [6, 6.07) is 13.8. The van der Waals surface area contributed by atoms with Crippen LogP contribution in [0.4, 0.5) is 11.4 Å². The summed E-state index contributed by atoms with van der Waals surface area (Å²) < 4.78 is 5.12. The van der Waals surface area contributed by atoms with Gasteiger partial charge in [-0.3, -0.25) is 14.9 Å². The minimum Gasteiger partial charge on any atom is -0.497 e. The Bertz CT molecular complexity index is 845. The molecule has 1 fully saturated rings. The van der Waals surface area contributed by atoms with Gasteiger partial charge in [-0.1, -0.05) is 6.42 Å². The Labute approximate surface area is 179 Å². The minimum atomic E-state index is -0.406. The standard InChI is InChI=1S/C21H23ClN2O4S/c1-28-17-9-5-15(6-10-17)23-20(25)13-14-3-2-4-19(21(14)22)29-18-11-7-16(8-12-18)24(26)27/h5-12,14,19,21H,2-4,13H2,1H3,(H,23,25). The average molecular weight is 435 g/mol. The molecule has 3 unspecified atom stereocenters. The molecule has 154 valence electrons. The first-order valence-electron chi connectivity index (χ1n) is 9.45. The molecule has 29 heavy (non-hydrogen) atoms. The third kappa shape index (κ3) is 5.87. The summed E-state index contributed by atoms with van der Waals surface area (Å²) in [5, 5.41) is 13.8. The molecule has 0 radical (unpaired) electrons. The van der Waals surface area contributed by atoms with Gasteiger partial charge in [0.05, 0.1) is 12.0 Å². The molecule has 1 amide bonds. The van der Waals surface area contributed by atoms with Gasteiger partial charge in [0.15, 0.2) is 0 Å². The lowest BCUT2D eigenvalue weighted by Crippen LogP contribution is -2.33. The zero-order chi connectivity index (χ0) is 20.8. The summed E-state index contributed by atoms with van der Waals surface area (Å²) in [5.41, 5.74) is 0.808. The third-order valence-electron chi connectivity index (χ3n) is 5.03. The van der Waals surface area contributed by atoms with Crippen LogP contribution in [0, 0.1) is 16.0 Å². The van der Waals surface area contributed by atoms with Crippen molar-refractivity contribution in [1.82, 2.24) is 0 Å². The number of carbonyl (C=O) groups is 1. The maximum atomic E-state index is 12.5. The number of ether oxygens (including phenoxy) is 1. The Hall–Kier alpha value is -2.25. The number of nitro groups is 1. The number of nitrogens with one attached hydrogen (secondary N) is 1. The van der Waals surface area contributed by atoms with Gasteiger partial charge in [0, 0.05) is 39.8 Å². The first kappa shape index (κ1) is 21.5. The van der Waals surface area contributed by atoms with Crippen molar-refractivity contribution in [1.29, 1.82) is 0 Å². The second kappa shape index (κ2) is 9.98. The molecule has 0 saturated heterocycles. The number of thioether (sulfide) groups is 1. The van der Waals surface area contributed by atoms with Crippen LogP contribution in [0.15, 0.2) is 53.4 Å². The van der Waals surface area contributed by atoms with Crippen molar-refractivity contribution in [2.24, 2.45) is 5.92 Å². The number of hydrogen-bond donors (Lipinski definition) is 1. The summed E-state index contributed by atoms with van der Waals surface area (Å²) in [6.07, 6.45) is 3.26. The van der Waals surface area contributed by atoms with Gasteiger partial charge in [0.25, 0.3) is 5.69 Å². The van der Waals surface area contributed by atoms with Crippen LogP contribution in [0.2, 0.25) is 0 Å². The summed E-state index contributed by atoms with van der Waals surface area (Å²) in [5.74, 6) is 0.785. The molecule has 2 aromatic carbocycles. The maximum Gasteiger partial charge on any atom is 0.269 e. The summed E-state index contributed by atoms with van der Waals surface area (Å²) in [4.78, 5) is 23.8. The largest absolute Gasteiger partial charge is 0.497 e. The normalized spacial score (nSPS) is 21.4. The first-order valence-corrected chi connectivity index (χ1v) is 10.8. The average Bonchev–Trinajstić information content (AvgIpc) is 2.72. The highest BCUT2D eigenvalue weighted by Gasteiger charge is 2.33. The SMILES string of the molecule is COc1ccc(NC(=O)CC2CCCC(Sc3ccc([N+](=O)[O-])cc3)C2Cl)cc1. The molecule has 3 atom stereocenters. The fraction of sp³-hybridized carbons (Fsp3) is 0.381. The van der Waals surface area contributed by atoms with Gasteiger partial charge in [-0.05, 0) is 55.2 Å². The van der Waals surface area contributed by atoms with E-state index in [-0.39, 0.29) is 28.1 Å². The van der Waals surface area contributed by atoms with Crippen molar-refractivity contribution in [3.63, 3.8) is 0 Å². The predicted octanol–water partition coefficient (Wildman–Crippen LogP) is 5.50. The molecule has 0 heterocycles. The van der Waals surface area contributed by atoms with Gasteiger partial charge < -0.3 is 10.1 Å². The number of non-ortho nitro benzene ring substituents is 1. The van der Waals surface area contributed by atoms with E-state index in [1.54, 1.807) is 43.1 Å². The Morgan fingerprint density at radius 3 is 2.52 bits per heavy atom. The predicted molar refractivity (Wildman–Crippen MR) is 116 cm³/mol. The number of halogens is 1. The minimum absolute atomic E-state index is 0.0493. The Morgan fingerprint density at radius 1 is 1.21 bits per heavy atom. The van der Waals surface area contributed by atoms with E-state index in [0.29, 0.717) is 6.42 Å². The molecule has 6 nitrogen and oxygen atoms in total. The van der Waals surface area contributed by atoms with Crippen molar-refractivity contribution >= 4 is 40.6 Å². The Kier molecular flexibility index (Phi) is 7.39. The van der Waals surface area contributed by atoms with E-state index in [1.165, 1.54) is 12.1 Å². The fourth-order valence-corrected chi connectivity index (χ4v) is 5.26. The second-order valence-electron chi connectivity index (χ2n) is 7.02. The molecule has 0 aromatic heterocycles. The van der Waals surface area contributed by atoms with Crippen LogP contribution in [-0.4, -0.2) is 28.6 Å². The number of amides is 1. The van der Waals surface area contributed by atoms with Gasteiger partial charge in [-0.25, -0.2) is 0 Å². The Morgan fingerprint density at radius 2 is 1.90 bits per heavy atom. The molecule has 0 bridgehead atoms. The van der Waals surface area contributed by atoms with Gasteiger partial charge in [0.2, 0.25) is 5.91 Å². The Balaban J connectivity index is 1.56. The molecular weight excluding hydrogens is 412 g/mol. The molecular formula is C21H23ClN2O4S. The number of carbonyl (C=O) groups excluding carboxylic acids is 1. The summed E-state index contributed by atoms with van der Waals surface area (Å²) in [7, 11) is 1.60. The van der Waals surface area contributed by atoms with Crippen molar-refractivity contribution in [3.05, 3.63) is 58.6 Å². The number of alkyl halides is 1. The molecule has 0 spiro atoms. The second-order valence-corrected chi connectivity index (χ2v) is 8.84. The van der Waals surface area contributed by atoms with Crippen LogP contribution in [-0.2, 0) is 4.79 Å². The smallest absolute Gasteiger partial charge is 0.269 e. The molecule has 8 heteroatoms. The van der Waals surface area contributed by atoms with E-state index in [4.69, 9.17) is 16.3 Å². The molecule has 2 aromatic rings. The van der Waals surface area contributed by atoms with E-state index in [0.717, 1.165) is 35.6 Å². The lowest BCUT2D eigenvalue weighted by Gasteiger charge is -2.33. The van der Waals surface area contributed by atoms with Crippen molar-refractivity contribution in [3.8, 4) is 5.75 Å². The molecule has 3 rings (SSSR count). The zero-order valence-electron chi connectivity index (χ0n) is 16.0. The van der Waals surface area contributed by atoms with Crippen molar-refractivity contribution in [2.75, 3.05) is 12.4 Å². The van der Waals surface area contributed by atoms with Crippen LogP contribution in [0.5, 0.6) is 5.75 Å². The highest BCUT2D eigenvalue weighted by Crippen LogP contribution is 2.41. The summed E-state index contributed by atoms with van der Waals surface area (Å²) >= 11 is 8.37. The van der Waals surface area contributed by atoms with Gasteiger partial charge in [-0.2, -0.15) is 0 Å². The molecule has 1 saturated carbocycles. The molecule has 1 aliphatic carbocycles. The first-order chi connectivity index (χ1) is 14.0. The highest BCUT2D eigenvalue weighted by molar-refractivity contribution is 8.00. The lowest BCUT2D eigenvalue weighted by atomic mass is 9.86. The number of anilines is 1. The number of methoxy groups -OCH3 is 1. The monoisotopic (exact) mass is 434 g/mol. The van der Waals surface area contributed by atoms with Crippen LogP contribution in [0.25, 0.3) is 0 Å². The number of nitro benzene ring substituents is 1. The fourth-order valence-electron chi connectivity index (χ4n) is 3.49. The van der Waals surface area contributed by atoms with Crippen molar-refractivity contribution < 1.29 is 14.5 Å². The number of hydrogen-bond acceptors (Lipinski definition) is 5. The maximum absolute atomic E-state index is 12.5. The van der Waals surface area contributed by atoms with Gasteiger partial charge in [-0.15, -0.1) is 23.4 Å². The zero-order valence-corrected chi connectivity index (χ0v) is 17.6. The molecule has 1 N–H and O–H groups in total.